The number of methoxy groups -OCH3 is 2. The zero-order chi connectivity index (χ0) is 18.0. The van der Waals surface area contributed by atoms with Gasteiger partial charge in [0, 0.05) is 6.54 Å². The van der Waals surface area contributed by atoms with Crippen molar-refractivity contribution in [2.75, 3.05) is 14.2 Å². The van der Waals surface area contributed by atoms with Crippen LogP contribution >= 0.6 is 15.9 Å². The van der Waals surface area contributed by atoms with Crippen molar-refractivity contribution in [1.82, 2.24) is 9.13 Å². The molecule has 0 aliphatic rings. The van der Waals surface area contributed by atoms with E-state index in [1.54, 1.807) is 18.8 Å². The van der Waals surface area contributed by atoms with E-state index in [-0.39, 0.29) is 5.69 Å². The predicted octanol–water partition coefficient (Wildman–Crippen LogP) is 4.04. The van der Waals surface area contributed by atoms with Crippen molar-refractivity contribution in [2.24, 2.45) is 0 Å². The van der Waals surface area contributed by atoms with E-state index in [2.05, 4.69) is 22.9 Å². The topological polar surface area (TPSA) is 45.4 Å². The normalized spacial score (nSPS) is 11.0. The molecule has 132 valence electrons. The molecule has 0 spiro atoms. The molecule has 1 heterocycles. The van der Waals surface area contributed by atoms with Gasteiger partial charge in [0.1, 0.15) is 0 Å². The summed E-state index contributed by atoms with van der Waals surface area (Å²) < 4.78 is 15.2. The average molecular weight is 405 g/mol. The fourth-order valence-corrected chi connectivity index (χ4v) is 3.76. The lowest BCUT2D eigenvalue weighted by molar-refractivity contribution is 0.352. The molecule has 0 amide bonds. The standard InChI is InChI=1S/C19H21BrN2O3/c1-4-9-21-15-7-5-6-8-16(15)22(19(21)23)12-13-10-14(20)18(25-3)17(11-13)24-2/h5-8,10-11H,4,9,12H2,1-3H3. The Hall–Kier alpha value is -2.21. The molecule has 0 radical (unpaired) electrons. The molecule has 2 aromatic carbocycles. The smallest absolute Gasteiger partial charge is 0.329 e. The quantitative estimate of drug-likeness (QED) is 0.622. The third-order valence-electron chi connectivity index (χ3n) is 4.21. The van der Waals surface area contributed by atoms with Crippen LogP contribution in [0.25, 0.3) is 11.0 Å². The number of benzene rings is 2. The molecule has 3 rings (SSSR count). The van der Waals surface area contributed by atoms with E-state index in [1.165, 1.54) is 0 Å². The Balaban J connectivity index is 2.11. The zero-order valence-corrected chi connectivity index (χ0v) is 16.2. The molecular weight excluding hydrogens is 384 g/mol. The number of aromatic nitrogens is 2. The lowest BCUT2D eigenvalue weighted by Crippen LogP contribution is -2.24. The Kier molecular flexibility index (Phi) is 5.18. The first-order valence-corrected chi connectivity index (χ1v) is 8.98. The van der Waals surface area contributed by atoms with Gasteiger partial charge >= 0.3 is 5.69 Å². The number of imidazole rings is 1. The highest BCUT2D eigenvalue weighted by molar-refractivity contribution is 9.10. The van der Waals surface area contributed by atoms with Crippen LogP contribution in [0, 0.1) is 0 Å². The SMILES string of the molecule is CCCn1c(=O)n(Cc2cc(Br)c(OC)c(OC)c2)c2ccccc21. The number of para-hydroxylation sites is 2. The van der Waals surface area contributed by atoms with Crippen LogP contribution in [0.2, 0.25) is 0 Å². The first-order chi connectivity index (χ1) is 12.1. The number of fused-ring (bicyclic) bond motifs is 1. The highest BCUT2D eigenvalue weighted by Crippen LogP contribution is 2.36. The van der Waals surface area contributed by atoms with E-state index in [4.69, 9.17) is 9.47 Å². The molecule has 3 aromatic rings. The summed E-state index contributed by atoms with van der Waals surface area (Å²) in [6.07, 6.45) is 0.913. The number of halogens is 1. The number of aryl methyl sites for hydroxylation is 1. The van der Waals surface area contributed by atoms with Gasteiger partial charge in [-0.1, -0.05) is 19.1 Å². The summed E-state index contributed by atoms with van der Waals surface area (Å²) in [7, 11) is 3.21. The van der Waals surface area contributed by atoms with Gasteiger partial charge < -0.3 is 9.47 Å². The molecule has 0 bridgehead atoms. The van der Waals surface area contributed by atoms with Crippen LogP contribution in [0.3, 0.4) is 0 Å². The molecule has 6 heteroatoms. The summed E-state index contributed by atoms with van der Waals surface area (Å²) in [5, 5.41) is 0. The minimum atomic E-state index is 0.00829. The molecule has 0 fully saturated rings. The van der Waals surface area contributed by atoms with Crippen molar-refractivity contribution >= 4 is 27.0 Å². The summed E-state index contributed by atoms with van der Waals surface area (Å²) in [6.45, 7) is 3.25. The van der Waals surface area contributed by atoms with Crippen molar-refractivity contribution in [3.8, 4) is 11.5 Å². The minimum Gasteiger partial charge on any atom is -0.493 e. The average Bonchev–Trinajstić information content (AvgIpc) is 2.87. The van der Waals surface area contributed by atoms with Crippen molar-refractivity contribution in [3.63, 3.8) is 0 Å². The van der Waals surface area contributed by atoms with Crippen molar-refractivity contribution in [2.45, 2.75) is 26.4 Å². The number of nitrogens with zero attached hydrogens (tertiary/aromatic N) is 2. The molecule has 25 heavy (non-hydrogen) atoms. The summed E-state index contributed by atoms with van der Waals surface area (Å²) in [5.41, 5.74) is 2.88. The fourth-order valence-electron chi connectivity index (χ4n) is 3.11. The largest absolute Gasteiger partial charge is 0.493 e. The van der Waals surface area contributed by atoms with Crippen molar-refractivity contribution in [1.29, 1.82) is 0 Å². The molecule has 0 aliphatic carbocycles. The Morgan fingerprint density at radius 2 is 1.72 bits per heavy atom. The maximum absolute atomic E-state index is 12.9. The molecule has 1 aromatic heterocycles. The fraction of sp³-hybridized carbons (Fsp3) is 0.316. The number of rotatable bonds is 6. The highest BCUT2D eigenvalue weighted by Gasteiger charge is 2.15. The first-order valence-electron chi connectivity index (χ1n) is 8.19. The van der Waals surface area contributed by atoms with Crippen LogP contribution in [0.5, 0.6) is 11.5 Å². The zero-order valence-electron chi connectivity index (χ0n) is 14.6. The molecule has 5 nitrogen and oxygen atoms in total. The Morgan fingerprint density at radius 3 is 2.32 bits per heavy atom. The number of hydrogen-bond donors (Lipinski definition) is 0. The van der Waals surface area contributed by atoms with E-state index >= 15 is 0 Å². The Labute approximate surface area is 154 Å². The van der Waals surface area contributed by atoms with E-state index < -0.39 is 0 Å². The van der Waals surface area contributed by atoms with Gasteiger partial charge in [-0.2, -0.15) is 0 Å². The van der Waals surface area contributed by atoms with Crippen LogP contribution < -0.4 is 15.2 Å². The highest BCUT2D eigenvalue weighted by atomic mass is 79.9. The molecule has 0 atom stereocenters. The van der Waals surface area contributed by atoms with Crippen LogP contribution in [-0.4, -0.2) is 23.4 Å². The van der Waals surface area contributed by atoms with Crippen LogP contribution in [0.1, 0.15) is 18.9 Å². The van der Waals surface area contributed by atoms with Crippen LogP contribution in [-0.2, 0) is 13.1 Å². The van der Waals surface area contributed by atoms with Crippen LogP contribution in [0.15, 0.2) is 45.7 Å². The van der Waals surface area contributed by atoms with Gasteiger partial charge in [-0.15, -0.1) is 0 Å². The maximum Gasteiger partial charge on any atom is 0.329 e. The molecule has 0 aliphatic heterocycles. The van der Waals surface area contributed by atoms with Gasteiger partial charge in [-0.3, -0.25) is 9.13 Å². The van der Waals surface area contributed by atoms with Gasteiger partial charge in [0.15, 0.2) is 11.5 Å². The molecule has 0 N–H and O–H groups in total. The predicted molar refractivity (Wildman–Crippen MR) is 103 cm³/mol. The van der Waals surface area contributed by atoms with E-state index in [1.807, 2.05) is 41.0 Å². The molecule has 0 saturated carbocycles. The molecular formula is C19H21BrN2O3. The van der Waals surface area contributed by atoms with Gasteiger partial charge in [-0.05, 0) is 52.2 Å². The molecule has 0 saturated heterocycles. The van der Waals surface area contributed by atoms with E-state index in [0.29, 0.717) is 24.6 Å². The monoisotopic (exact) mass is 404 g/mol. The number of hydrogen-bond acceptors (Lipinski definition) is 3. The summed E-state index contributed by atoms with van der Waals surface area (Å²) in [5.74, 6) is 1.28. The minimum absolute atomic E-state index is 0.00829. The first kappa shape index (κ1) is 17.6. The third-order valence-corrected chi connectivity index (χ3v) is 4.80. The summed E-state index contributed by atoms with van der Waals surface area (Å²) >= 11 is 3.51. The lowest BCUT2D eigenvalue weighted by Gasteiger charge is -2.12. The van der Waals surface area contributed by atoms with Gasteiger partial charge in [0.25, 0.3) is 0 Å². The summed E-state index contributed by atoms with van der Waals surface area (Å²) in [6, 6.07) is 11.8. The van der Waals surface area contributed by atoms with Crippen molar-refractivity contribution < 1.29 is 9.47 Å². The third kappa shape index (κ3) is 3.18. The molecule has 0 unspecified atom stereocenters. The second-order valence-electron chi connectivity index (χ2n) is 5.82. The number of ether oxygens (including phenoxy) is 2. The van der Waals surface area contributed by atoms with Gasteiger partial charge in [0.05, 0.1) is 36.3 Å². The van der Waals surface area contributed by atoms with E-state index in [9.17, 15) is 4.79 Å². The second kappa shape index (κ2) is 7.35. The van der Waals surface area contributed by atoms with Gasteiger partial charge in [-0.25, -0.2) is 4.79 Å². The van der Waals surface area contributed by atoms with E-state index in [0.717, 1.165) is 27.5 Å². The lowest BCUT2D eigenvalue weighted by atomic mass is 10.2. The Morgan fingerprint density at radius 1 is 1.04 bits per heavy atom. The Bertz CT molecular complexity index is 959. The van der Waals surface area contributed by atoms with Crippen LogP contribution in [0.4, 0.5) is 0 Å². The second-order valence-corrected chi connectivity index (χ2v) is 6.68. The summed E-state index contributed by atoms with van der Waals surface area (Å²) in [4.78, 5) is 12.9. The maximum atomic E-state index is 12.9. The van der Waals surface area contributed by atoms with Crippen molar-refractivity contribution in [3.05, 3.63) is 56.9 Å². The van der Waals surface area contributed by atoms with Gasteiger partial charge in [0.2, 0.25) is 0 Å².